The van der Waals surface area contributed by atoms with Crippen LogP contribution in [0.25, 0.3) is 0 Å². The van der Waals surface area contributed by atoms with E-state index in [9.17, 15) is 4.39 Å². The third kappa shape index (κ3) is 4.32. The molecule has 114 valence electrons. The molecule has 3 rings (SSSR count). The first-order valence-electron chi connectivity index (χ1n) is 7.21. The van der Waals surface area contributed by atoms with Gasteiger partial charge in [-0.25, -0.2) is 9.38 Å². The van der Waals surface area contributed by atoms with Gasteiger partial charge in [-0.15, -0.1) is 0 Å². The van der Waals surface area contributed by atoms with Gasteiger partial charge in [-0.3, -0.25) is 4.90 Å². The fourth-order valence-corrected chi connectivity index (χ4v) is 3.08. The van der Waals surface area contributed by atoms with E-state index in [1.807, 2.05) is 24.3 Å². The van der Waals surface area contributed by atoms with Crippen LogP contribution in [0.1, 0.15) is 11.1 Å². The number of benzene rings is 2. The fourth-order valence-electron chi connectivity index (χ4n) is 2.27. The van der Waals surface area contributed by atoms with E-state index in [0.29, 0.717) is 13.2 Å². The van der Waals surface area contributed by atoms with Crippen molar-refractivity contribution in [3.63, 3.8) is 0 Å². The van der Waals surface area contributed by atoms with Gasteiger partial charge < -0.3 is 5.32 Å². The van der Waals surface area contributed by atoms with E-state index in [2.05, 4.69) is 27.3 Å². The highest BCUT2D eigenvalue weighted by molar-refractivity contribution is 8.13. The lowest BCUT2D eigenvalue weighted by Crippen LogP contribution is -2.41. The minimum atomic E-state index is -0.190. The lowest BCUT2D eigenvalue weighted by atomic mass is 10.2. The molecule has 3 nitrogen and oxygen atoms in total. The molecule has 1 heterocycles. The third-order valence-corrected chi connectivity index (χ3v) is 4.41. The van der Waals surface area contributed by atoms with Crippen LogP contribution in [0.4, 0.5) is 4.39 Å². The van der Waals surface area contributed by atoms with Crippen LogP contribution in [0.2, 0.25) is 0 Å². The Morgan fingerprint density at radius 3 is 2.64 bits per heavy atom. The lowest BCUT2D eigenvalue weighted by Gasteiger charge is -2.26. The van der Waals surface area contributed by atoms with Gasteiger partial charge in [0.1, 0.15) is 5.82 Å². The van der Waals surface area contributed by atoms with Gasteiger partial charge in [0.25, 0.3) is 0 Å². The Morgan fingerprint density at radius 1 is 1.09 bits per heavy atom. The van der Waals surface area contributed by atoms with E-state index >= 15 is 0 Å². The second-order valence-electron chi connectivity index (χ2n) is 5.17. The molecule has 0 bridgehead atoms. The molecule has 0 saturated carbocycles. The molecule has 2 aromatic carbocycles. The van der Waals surface area contributed by atoms with Crippen molar-refractivity contribution >= 4 is 16.9 Å². The number of aliphatic imine (C=N–C) groups is 1. The molecule has 2 aromatic rings. The molecule has 22 heavy (non-hydrogen) atoms. The Balaban J connectivity index is 1.49. The number of amidine groups is 1. The first kappa shape index (κ1) is 15.1. The molecule has 0 radical (unpaired) electrons. The molecular weight excluding hydrogens is 297 g/mol. The minimum absolute atomic E-state index is 0.190. The predicted molar refractivity (Wildman–Crippen MR) is 90.0 cm³/mol. The minimum Gasteiger partial charge on any atom is -0.352 e. The van der Waals surface area contributed by atoms with Crippen LogP contribution >= 0.6 is 11.8 Å². The van der Waals surface area contributed by atoms with Crippen molar-refractivity contribution in [2.24, 2.45) is 4.99 Å². The zero-order valence-electron chi connectivity index (χ0n) is 12.2. The molecule has 0 saturated heterocycles. The topological polar surface area (TPSA) is 27.6 Å². The molecule has 0 amide bonds. The second-order valence-corrected chi connectivity index (χ2v) is 6.14. The third-order valence-electron chi connectivity index (χ3n) is 3.38. The molecule has 1 aliphatic rings. The van der Waals surface area contributed by atoms with Gasteiger partial charge in [-0.05, 0) is 23.3 Å². The summed E-state index contributed by atoms with van der Waals surface area (Å²) in [7, 11) is 0. The summed E-state index contributed by atoms with van der Waals surface area (Å²) in [4.78, 5) is 6.69. The summed E-state index contributed by atoms with van der Waals surface area (Å²) >= 11 is 1.71. The number of hydrogen-bond donors (Lipinski definition) is 1. The number of halogens is 1. The lowest BCUT2D eigenvalue weighted by molar-refractivity contribution is 0.258. The SMILES string of the molecule is Fc1cccc(CN2CN=C(SCc3ccccc3)NC2)c1. The van der Waals surface area contributed by atoms with Crippen molar-refractivity contribution in [1.29, 1.82) is 0 Å². The van der Waals surface area contributed by atoms with Crippen LogP contribution in [0.15, 0.2) is 59.6 Å². The highest BCUT2D eigenvalue weighted by Crippen LogP contribution is 2.15. The summed E-state index contributed by atoms with van der Waals surface area (Å²) in [6.07, 6.45) is 0. The van der Waals surface area contributed by atoms with E-state index in [1.165, 1.54) is 11.6 Å². The molecule has 5 heteroatoms. The van der Waals surface area contributed by atoms with E-state index in [1.54, 1.807) is 23.9 Å². The molecule has 0 aliphatic carbocycles. The van der Waals surface area contributed by atoms with E-state index < -0.39 is 0 Å². The summed E-state index contributed by atoms with van der Waals surface area (Å²) < 4.78 is 13.2. The van der Waals surface area contributed by atoms with Crippen LogP contribution in [0.5, 0.6) is 0 Å². The molecule has 0 fully saturated rings. The zero-order valence-corrected chi connectivity index (χ0v) is 13.0. The summed E-state index contributed by atoms with van der Waals surface area (Å²) in [6.45, 7) is 2.07. The largest absolute Gasteiger partial charge is 0.352 e. The van der Waals surface area contributed by atoms with Crippen molar-refractivity contribution in [3.8, 4) is 0 Å². The van der Waals surface area contributed by atoms with Crippen LogP contribution < -0.4 is 5.32 Å². The average Bonchev–Trinajstić information content (AvgIpc) is 2.55. The van der Waals surface area contributed by atoms with Crippen molar-refractivity contribution in [2.45, 2.75) is 12.3 Å². The van der Waals surface area contributed by atoms with Crippen molar-refractivity contribution < 1.29 is 4.39 Å². The molecule has 1 aliphatic heterocycles. The molecule has 0 aromatic heterocycles. The highest BCUT2D eigenvalue weighted by Gasteiger charge is 2.13. The van der Waals surface area contributed by atoms with Crippen LogP contribution in [0, 0.1) is 5.82 Å². The van der Waals surface area contributed by atoms with Crippen LogP contribution in [0.3, 0.4) is 0 Å². The Kier molecular flexibility index (Phi) is 5.08. The Hall–Kier alpha value is -1.85. The monoisotopic (exact) mass is 315 g/mol. The van der Waals surface area contributed by atoms with Gasteiger partial charge in [0.05, 0.1) is 13.3 Å². The first-order valence-corrected chi connectivity index (χ1v) is 8.20. The van der Waals surface area contributed by atoms with Gasteiger partial charge >= 0.3 is 0 Å². The Bertz CT molecular complexity index is 645. The molecule has 0 atom stereocenters. The maximum atomic E-state index is 13.2. The predicted octanol–water partition coefficient (Wildman–Crippen LogP) is 3.44. The Labute approximate surface area is 134 Å². The molecule has 1 N–H and O–H groups in total. The smallest absolute Gasteiger partial charge is 0.159 e. The van der Waals surface area contributed by atoms with E-state index in [4.69, 9.17) is 0 Å². The average molecular weight is 315 g/mol. The highest BCUT2D eigenvalue weighted by atomic mass is 32.2. The fraction of sp³-hybridized carbons (Fsp3) is 0.235. The second kappa shape index (κ2) is 7.42. The first-order chi connectivity index (χ1) is 10.8. The maximum Gasteiger partial charge on any atom is 0.159 e. The van der Waals surface area contributed by atoms with Crippen LogP contribution in [-0.2, 0) is 12.3 Å². The summed E-state index contributed by atoms with van der Waals surface area (Å²) in [5.41, 5.74) is 2.26. The quantitative estimate of drug-likeness (QED) is 0.936. The normalized spacial score (nSPS) is 15.2. The zero-order chi connectivity index (χ0) is 15.2. The number of nitrogens with one attached hydrogen (secondary N) is 1. The van der Waals surface area contributed by atoms with Gasteiger partial charge in [-0.1, -0.05) is 54.2 Å². The maximum absolute atomic E-state index is 13.2. The van der Waals surface area contributed by atoms with Crippen molar-refractivity contribution in [2.75, 3.05) is 13.3 Å². The summed E-state index contributed by atoms with van der Waals surface area (Å²) in [6, 6.07) is 17.1. The number of hydrogen-bond acceptors (Lipinski definition) is 4. The summed E-state index contributed by atoms with van der Waals surface area (Å²) in [5, 5.41) is 4.29. The van der Waals surface area contributed by atoms with Gasteiger partial charge in [-0.2, -0.15) is 0 Å². The number of thioether (sulfide) groups is 1. The molecular formula is C17H18FN3S. The molecule has 0 unspecified atom stereocenters. The standard InChI is InChI=1S/C17H18FN3S/c18-16-8-4-7-15(9-16)10-21-12-19-17(20-13-21)22-11-14-5-2-1-3-6-14/h1-9H,10-13H2,(H,19,20). The molecule has 0 spiro atoms. The Morgan fingerprint density at radius 2 is 1.91 bits per heavy atom. The van der Waals surface area contributed by atoms with Crippen molar-refractivity contribution in [1.82, 2.24) is 10.2 Å². The van der Waals surface area contributed by atoms with Crippen LogP contribution in [-0.4, -0.2) is 23.4 Å². The van der Waals surface area contributed by atoms with Gasteiger partial charge in [0.2, 0.25) is 0 Å². The van der Waals surface area contributed by atoms with Crippen molar-refractivity contribution in [3.05, 3.63) is 71.5 Å². The van der Waals surface area contributed by atoms with Gasteiger partial charge in [0, 0.05) is 12.3 Å². The van der Waals surface area contributed by atoms with E-state index in [0.717, 1.165) is 23.2 Å². The summed E-state index contributed by atoms with van der Waals surface area (Å²) in [5.74, 6) is 0.724. The number of rotatable bonds is 4. The number of nitrogens with zero attached hydrogens (tertiary/aromatic N) is 2. The van der Waals surface area contributed by atoms with Gasteiger partial charge in [0.15, 0.2) is 5.17 Å². The van der Waals surface area contributed by atoms with E-state index in [-0.39, 0.29) is 5.82 Å².